The van der Waals surface area contributed by atoms with Crippen LogP contribution >= 0.6 is 15.9 Å². The van der Waals surface area contributed by atoms with E-state index in [1.54, 1.807) is 4.68 Å². The quantitative estimate of drug-likeness (QED) is 0.879. The average Bonchev–Trinajstić information content (AvgIpc) is 2.57. The molecule has 0 amide bonds. The maximum atomic E-state index is 6.06. The van der Waals surface area contributed by atoms with Gasteiger partial charge in [-0.1, -0.05) is 20.8 Å². The fraction of sp³-hybridized carbons (Fsp3) is 0.417. The van der Waals surface area contributed by atoms with Gasteiger partial charge < -0.3 is 5.73 Å². The molecule has 96 valence electrons. The second-order valence-electron chi connectivity index (χ2n) is 5.24. The number of nitrogen functional groups attached to an aromatic ring is 1. The SMILES string of the molecule is Cc1ccc(-n2nc(C(C)(C)C)c(Br)c2N)nn1. The fourth-order valence-electron chi connectivity index (χ4n) is 1.57. The summed E-state index contributed by atoms with van der Waals surface area (Å²) in [4.78, 5) is 0. The van der Waals surface area contributed by atoms with Crippen LogP contribution in [0.1, 0.15) is 32.2 Å². The Balaban J connectivity index is 2.56. The highest BCUT2D eigenvalue weighted by Gasteiger charge is 2.25. The first-order chi connectivity index (χ1) is 8.30. The highest BCUT2D eigenvalue weighted by atomic mass is 79.9. The number of nitrogens with zero attached hydrogens (tertiary/aromatic N) is 4. The van der Waals surface area contributed by atoms with Crippen molar-refractivity contribution in [2.75, 3.05) is 5.73 Å². The number of anilines is 1. The summed E-state index contributed by atoms with van der Waals surface area (Å²) in [5.74, 6) is 1.16. The molecule has 0 aliphatic heterocycles. The van der Waals surface area contributed by atoms with Crippen molar-refractivity contribution in [2.45, 2.75) is 33.1 Å². The third kappa shape index (κ3) is 2.25. The van der Waals surface area contributed by atoms with Crippen molar-refractivity contribution in [3.05, 3.63) is 28.0 Å². The number of rotatable bonds is 1. The van der Waals surface area contributed by atoms with E-state index in [0.717, 1.165) is 15.9 Å². The topological polar surface area (TPSA) is 69.6 Å². The summed E-state index contributed by atoms with van der Waals surface area (Å²) in [5.41, 5.74) is 7.73. The summed E-state index contributed by atoms with van der Waals surface area (Å²) in [6, 6.07) is 3.73. The molecule has 0 aliphatic rings. The Morgan fingerprint density at radius 3 is 2.33 bits per heavy atom. The van der Waals surface area contributed by atoms with Gasteiger partial charge in [0.2, 0.25) is 0 Å². The molecule has 0 bridgehead atoms. The first kappa shape index (κ1) is 13.0. The molecule has 0 spiro atoms. The lowest BCUT2D eigenvalue weighted by Gasteiger charge is -2.15. The highest BCUT2D eigenvalue weighted by molar-refractivity contribution is 9.10. The first-order valence-corrected chi connectivity index (χ1v) is 6.45. The van der Waals surface area contributed by atoms with Crippen molar-refractivity contribution in [1.82, 2.24) is 20.0 Å². The molecule has 2 N–H and O–H groups in total. The van der Waals surface area contributed by atoms with E-state index in [1.807, 2.05) is 19.1 Å². The summed E-state index contributed by atoms with van der Waals surface area (Å²) in [5, 5.41) is 12.6. The van der Waals surface area contributed by atoms with Gasteiger partial charge in [0, 0.05) is 5.41 Å². The monoisotopic (exact) mass is 309 g/mol. The van der Waals surface area contributed by atoms with Gasteiger partial charge in [0.15, 0.2) is 5.82 Å². The summed E-state index contributed by atoms with van der Waals surface area (Å²) in [6.07, 6.45) is 0. The summed E-state index contributed by atoms with van der Waals surface area (Å²) >= 11 is 3.49. The zero-order valence-corrected chi connectivity index (χ0v) is 12.5. The van der Waals surface area contributed by atoms with Crippen molar-refractivity contribution in [1.29, 1.82) is 0 Å². The Labute approximate surface area is 115 Å². The van der Waals surface area contributed by atoms with E-state index in [1.165, 1.54) is 0 Å². The van der Waals surface area contributed by atoms with E-state index in [-0.39, 0.29) is 5.41 Å². The van der Waals surface area contributed by atoms with Crippen LogP contribution in [0.2, 0.25) is 0 Å². The minimum Gasteiger partial charge on any atom is -0.383 e. The number of hydrogen-bond acceptors (Lipinski definition) is 4. The molecule has 2 aromatic heterocycles. The number of nitrogens with two attached hydrogens (primary N) is 1. The number of halogens is 1. The van der Waals surface area contributed by atoms with Crippen molar-refractivity contribution >= 4 is 21.7 Å². The Morgan fingerprint density at radius 2 is 1.89 bits per heavy atom. The second kappa shape index (κ2) is 4.35. The zero-order valence-electron chi connectivity index (χ0n) is 10.9. The van der Waals surface area contributed by atoms with Crippen LogP contribution < -0.4 is 5.73 Å². The Bertz CT molecular complexity index is 565. The average molecular weight is 310 g/mol. The molecule has 2 rings (SSSR count). The molecule has 2 aromatic rings. The van der Waals surface area contributed by atoms with Crippen LogP contribution in [-0.2, 0) is 5.41 Å². The van der Waals surface area contributed by atoms with E-state index in [2.05, 4.69) is 52.0 Å². The van der Waals surface area contributed by atoms with Gasteiger partial charge in [0.1, 0.15) is 5.82 Å². The van der Waals surface area contributed by atoms with Crippen LogP contribution in [0.4, 0.5) is 5.82 Å². The van der Waals surface area contributed by atoms with Crippen LogP contribution in [0.25, 0.3) is 5.82 Å². The summed E-state index contributed by atoms with van der Waals surface area (Å²) in [7, 11) is 0. The molecule has 2 heterocycles. The molecule has 0 radical (unpaired) electrons. The summed E-state index contributed by atoms with van der Waals surface area (Å²) in [6.45, 7) is 8.15. The third-order valence-electron chi connectivity index (χ3n) is 2.57. The molecule has 5 nitrogen and oxygen atoms in total. The second-order valence-corrected chi connectivity index (χ2v) is 6.04. The number of aromatic nitrogens is 4. The van der Waals surface area contributed by atoms with Crippen LogP contribution in [0.3, 0.4) is 0 Å². The van der Waals surface area contributed by atoms with Gasteiger partial charge in [0.25, 0.3) is 0 Å². The molecule has 0 aromatic carbocycles. The molecule has 6 heteroatoms. The predicted octanol–water partition coefficient (Wildman–Crippen LogP) is 2.61. The van der Waals surface area contributed by atoms with Gasteiger partial charge in [-0.2, -0.15) is 14.9 Å². The molecule has 0 aliphatic carbocycles. The van der Waals surface area contributed by atoms with E-state index in [4.69, 9.17) is 5.73 Å². The van der Waals surface area contributed by atoms with Crippen LogP contribution in [-0.4, -0.2) is 20.0 Å². The largest absolute Gasteiger partial charge is 0.383 e. The minimum absolute atomic E-state index is 0.0870. The Kier molecular flexibility index (Phi) is 3.14. The number of hydrogen-bond donors (Lipinski definition) is 1. The van der Waals surface area contributed by atoms with Gasteiger partial charge >= 0.3 is 0 Å². The van der Waals surface area contributed by atoms with Crippen molar-refractivity contribution in [2.24, 2.45) is 0 Å². The van der Waals surface area contributed by atoms with E-state index in [0.29, 0.717) is 11.6 Å². The standard InChI is InChI=1S/C12H16BrN5/c1-7-5-6-8(16-15-7)18-11(14)9(13)10(17-18)12(2,3)4/h5-6H,14H2,1-4H3. The third-order valence-corrected chi connectivity index (χ3v) is 3.35. The van der Waals surface area contributed by atoms with Crippen LogP contribution in [0.5, 0.6) is 0 Å². The smallest absolute Gasteiger partial charge is 0.178 e. The molecule has 0 fully saturated rings. The predicted molar refractivity (Wildman–Crippen MR) is 74.7 cm³/mol. The molecule has 0 saturated carbocycles. The minimum atomic E-state index is -0.0870. The molecule has 0 saturated heterocycles. The van der Waals surface area contributed by atoms with Crippen molar-refractivity contribution in [3.8, 4) is 5.82 Å². The van der Waals surface area contributed by atoms with Gasteiger partial charge in [-0.15, -0.1) is 5.10 Å². The molecular formula is C12H16BrN5. The fourth-order valence-corrected chi connectivity index (χ4v) is 2.41. The maximum Gasteiger partial charge on any atom is 0.178 e. The van der Waals surface area contributed by atoms with Gasteiger partial charge in [-0.25, -0.2) is 0 Å². The molecule has 0 atom stereocenters. The van der Waals surface area contributed by atoms with Crippen LogP contribution in [0, 0.1) is 6.92 Å². The van der Waals surface area contributed by atoms with Crippen molar-refractivity contribution < 1.29 is 0 Å². The van der Waals surface area contributed by atoms with Crippen molar-refractivity contribution in [3.63, 3.8) is 0 Å². The van der Waals surface area contributed by atoms with Crippen LogP contribution in [0.15, 0.2) is 16.6 Å². The van der Waals surface area contributed by atoms with Gasteiger partial charge in [-0.3, -0.25) is 0 Å². The Hall–Kier alpha value is -1.43. The zero-order chi connectivity index (χ0) is 13.5. The first-order valence-electron chi connectivity index (χ1n) is 5.66. The maximum absolute atomic E-state index is 6.06. The van der Waals surface area contributed by atoms with E-state index in [9.17, 15) is 0 Å². The molecular weight excluding hydrogens is 294 g/mol. The lowest BCUT2D eigenvalue weighted by molar-refractivity contribution is 0.556. The summed E-state index contributed by atoms with van der Waals surface area (Å²) < 4.78 is 2.43. The number of aryl methyl sites for hydroxylation is 1. The normalized spacial score (nSPS) is 11.8. The molecule has 0 unspecified atom stereocenters. The molecule has 18 heavy (non-hydrogen) atoms. The lowest BCUT2D eigenvalue weighted by Crippen LogP contribution is -2.13. The highest BCUT2D eigenvalue weighted by Crippen LogP contribution is 2.33. The van der Waals surface area contributed by atoms with E-state index < -0.39 is 0 Å². The van der Waals surface area contributed by atoms with Gasteiger partial charge in [0.05, 0.1) is 15.9 Å². The lowest BCUT2D eigenvalue weighted by atomic mass is 9.92. The van der Waals surface area contributed by atoms with Gasteiger partial charge in [-0.05, 0) is 35.0 Å². The van der Waals surface area contributed by atoms with E-state index >= 15 is 0 Å². The Morgan fingerprint density at radius 1 is 1.22 bits per heavy atom.